The van der Waals surface area contributed by atoms with Crippen molar-refractivity contribution in [2.24, 2.45) is 0 Å². The molecule has 0 saturated heterocycles. The Morgan fingerprint density at radius 3 is 3.17 bits per heavy atom. The molecule has 1 aromatic rings. The van der Waals surface area contributed by atoms with Gasteiger partial charge in [-0.25, -0.2) is 4.98 Å². The van der Waals surface area contributed by atoms with Crippen molar-refractivity contribution in [3.63, 3.8) is 0 Å². The lowest BCUT2D eigenvalue weighted by molar-refractivity contribution is 1.09. The van der Waals surface area contributed by atoms with E-state index in [-0.39, 0.29) is 5.56 Å². The molecular weight excluding hydrogens is 154 g/mol. The highest BCUT2D eigenvalue weighted by Gasteiger charge is 1.96. The number of nitrogens with one attached hydrogen (secondary N) is 2. The first-order valence-electron chi connectivity index (χ1n) is 3.62. The lowest BCUT2D eigenvalue weighted by Gasteiger charge is -2.01. The Morgan fingerprint density at radius 1 is 1.83 bits per heavy atom. The molecule has 0 saturated carbocycles. The molecule has 0 aliphatic rings. The Hall–Kier alpha value is -1.58. The van der Waals surface area contributed by atoms with E-state index in [1.807, 2.05) is 6.92 Å². The summed E-state index contributed by atoms with van der Waals surface area (Å²) in [6, 6.07) is 0. The third-order valence-electron chi connectivity index (χ3n) is 1.27. The molecule has 0 spiro atoms. The number of aromatic amines is 1. The van der Waals surface area contributed by atoms with Gasteiger partial charge < -0.3 is 10.3 Å². The minimum atomic E-state index is -0.209. The maximum atomic E-state index is 11.0. The molecule has 2 N–H and O–H groups in total. The minimum absolute atomic E-state index is 0.209. The van der Waals surface area contributed by atoms with Crippen LogP contribution in [-0.4, -0.2) is 16.5 Å². The minimum Gasteiger partial charge on any atom is -0.362 e. The number of anilines is 1. The maximum absolute atomic E-state index is 11.0. The van der Waals surface area contributed by atoms with E-state index in [2.05, 4.69) is 21.9 Å². The molecule has 0 radical (unpaired) electrons. The van der Waals surface area contributed by atoms with Crippen molar-refractivity contribution in [1.29, 1.82) is 0 Å². The van der Waals surface area contributed by atoms with Crippen LogP contribution in [-0.2, 0) is 0 Å². The molecular formula is C8H11N3O. The molecule has 0 fully saturated rings. The van der Waals surface area contributed by atoms with E-state index in [1.54, 1.807) is 0 Å². The number of nitrogens with zero attached hydrogens (tertiary/aromatic N) is 1. The Bertz CT molecular complexity index is 329. The molecule has 0 aromatic carbocycles. The fourth-order valence-electron chi connectivity index (χ4n) is 0.712. The summed E-state index contributed by atoms with van der Waals surface area (Å²) in [4.78, 5) is 17.4. The molecule has 1 aromatic heterocycles. The molecule has 1 heterocycles. The Kier molecular flexibility index (Phi) is 2.63. The second-order valence-electron chi connectivity index (χ2n) is 2.58. The van der Waals surface area contributed by atoms with Gasteiger partial charge >= 0.3 is 0 Å². The van der Waals surface area contributed by atoms with E-state index in [0.717, 1.165) is 5.57 Å². The summed E-state index contributed by atoms with van der Waals surface area (Å²) in [5.74, 6) is 0.334. The van der Waals surface area contributed by atoms with Crippen LogP contribution in [0.1, 0.15) is 6.92 Å². The fraction of sp³-hybridized carbons (Fsp3) is 0.250. The van der Waals surface area contributed by atoms with Crippen molar-refractivity contribution in [1.82, 2.24) is 9.97 Å². The second-order valence-corrected chi connectivity index (χ2v) is 2.58. The van der Waals surface area contributed by atoms with Crippen LogP contribution in [0.2, 0.25) is 0 Å². The van der Waals surface area contributed by atoms with E-state index in [4.69, 9.17) is 0 Å². The SMILES string of the molecule is C=C(C)CNc1ncc[nH]c1=O. The lowest BCUT2D eigenvalue weighted by Crippen LogP contribution is -2.16. The summed E-state index contributed by atoms with van der Waals surface area (Å²) < 4.78 is 0. The van der Waals surface area contributed by atoms with Crippen LogP contribution >= 0.6 is 0 Å². The highest BCUT2D eigenvalue weighted by atomic mass is 16.1. The van der Waals surface area contributed by atoms with Crippen molar-refractivity contribution in [3.05, 3.63) is 34.9 Å². The van der Waals surface area contributed by atoms with Gasteiger partial charge in [0.1, 0.15) is 0 Å². The smallest absolute Gasteiger partial charge is 0.290 e. The van der Waals surface area contributed by atoms with Gasteiger partial charge in [0, 0.05) is 18.9 Å². The summed E-state index contributed by atoms with van der Waals surface area (Å²) in [5, 5.41) is 2.86. The van der Waals surface area contributed by atoms with Gasteiger partial charge in [0.05, 0.1) is 0 Å². The predicted octanol–water partition coefficient (Wildman–Crippen LogP) is 0.758. The fourth-order valence-corrected chi connectivity index (χ4v) is 0.712. The van der Waals surface area contributed by atoms with Gasteiger partial charge in [-0.15, -0.1) is 0 Å². The molecule has 4 nitrogen and oxygen atoms in total. The van der Waals surface area contributed by atoms with E-state index < -0.39 is 0 Å². The second kappa shape index (κ2) is 3.71. The van der Waals surface area contributed by atoms with Gasteiger partial charge in [0.2, 0.25) is 0 Å². The molecule has 4 heteroatoms. The van der Waals surface area contributed by atoms with Gasteiger partial charge in [-0.05, 0) is 6.92 Å². The Morgan fingerprint density at radius 2 is 2.58 bits per heavy atom. The third-order valence-corrected chi connectivity index (χ3v) is 1.27. The van der Waals surface area contributed by atoms with Crippen LogP contribution in [0.15, 0.2) is 29.3 Å². The van der Waals surface area contributed by atoms with E-state index in [1.165, 1.54) is 12.4 Å². The standard InChI is InChI=1S/C8H11N3O/c1-6(2)5-11-7-8(12)10-4-3-9-7/h3-4H,1,5H2,2H3,(H,9,11)(H,10,12). The number of aromatic nitrogens is 2. The zero-order chi connectivity index (χ0) is 8.97. The summed E-state index contributed by atoms with van der Waals surface area (Å²) in [6.07, 6.45) is 3.02. The lowest BCUT2D eigenvalue weighted by atomic mass is 10.3. The van der Waals surface area contributed by atoms with Crippen molar-refractivity contribution in [2.75, 3.05) is 11.9 Å². The summed E-state index contributed by atoms with van der Waals surface area (Å²) in [7, 11) is 0. The number of hydrogen-bond acceptors (Lipinski definition) is 3. The Balaban J connectivity index is 2.70. The first-order chi connectivity index (χ1) is 5.70. The summed E-state index contributed by atoms with van der Waals surface area (Å²) >= 11 is 0. The zero-order valence-corrected chi connectivity index (χ0v) is 6.92. The van der Waals surface area contributed by atoms with Crippen molar-refractivity contribution in [3.8, 4) is 0 Å². The molecule has 1 rings (SSSR count). The molecule has 0 unspecified atom stereocenters. The van der Waals surface area contributed by atoms with Crippen molar-refractivity contribution in [2.45, 2.75) is 6.92 Å². The third kappa shape index (κ3) is 2.23. The van der Waals surface area contributed by atoms with Gasteiger partial charge in [0.15, 0.2) is 5.82 Å². The largest absolute Gasteiger partial charge is 0.362 e. The number of hydrogen-bond donors (Lipinski definition) is 2. The van der Waals surface area contributed by atoms with Crippen molar-refractivity contribution < 1.29 is 0 Å². The van der Waals surface area contributed by atoms with E-state index in [9.17, 15) is 4.79 Å². The molecule has 0 aliphatic carbocycles. The van der Waals surface area contributed by atoms with E-state index >= 15 is 0 Å². The van der Waals surface area contributed by atoms with Gasteiger partial charge in [-0.3, -0.25) is 4.79 Å². The van der Waals surface area contributed by atoms with Crippen LogP contribution in [0.4, 0.5) is 5.82 Å². The molecule has 12 heavy (non-hydrogen) atoms. The molecule has 64 valence electrons. The van der Waals surface area contributed by atoms with Gasteiger partial charge in [-0.2, -0.15) is 0 Å². The van der Waals surface area contributed by atoms with Crippen LogP contribution in [0.3, 0.4) is 0 Å². The maximum Gasteiger partial charge on any atom is 0.290 e. The zero-order valence-electron chi connectivity index (χ0n) is 6.92. The average molecular weight is 165 g/mol. The highest BCUT2D eigenvalue weighted by Crippen LogP contribution is 1.92. The topological polar surface area (TPSA) is 57.8 Å². The molecule has 0 amide bonds. The summed E-state index contributed by atoms with van der Waals surface area (Å²) in [5.41, 5.74) is 0.749. The van der Waals surface area contributed by atoms with Crippen LogP contribution in [0.25, 0.3) is 0 Å². The predicted molar refractivity (Wildman–Crippen MR) is 48.2 cm³/mol. The average Bonchev–Trinajstić information content (AvgIpc) is 2.03. The molecule has 0 aliphatic heterocycles. The van der Waals surface area contributed by atoms with Crippen LogP contribution < -0.4 is 10.9 Å². The van der Waals surface area contributed by atoms with Crippen molar-refractivity contribution >= 4 is 5.82 Å². The summed E-state index contributed by atoms with van der Waals surface area (Å²) in [6.45, 7) is 6.15. The monoisotopic (exact) mass is 165 g/mol. The highest BCUT2D eigenvalue weighted by molar-refractivity contribution is 5.31. The van der Waals surface area contributed by atoms with Gasteiger partial charge in [-0.1, -0.05) is 12.2 Å². The number of rotatable bonds is 3. The van der Waals surface area contributed by atoms with Crippen LogP contribution in [0.5, 0.6) is 0 Å². The molecule has 0 atom stereocenters. The Labute approximate surface area is 70.4 Å². The van der Waals surface area contributed by atoms with Crippen LogP contribution in [0, 0.1) is 0 Å². The normalized spacial score (nSPS) is 9.42. The quantitative estimate of drug-likeness (QED) is 0.650. The molecule has 0 bridgehead atoms. The number of H-pyrrole nitrogens is 1. The first kappa shape index (κ1) is 8.52. The first-order valence-corrected chi connectivity index (χ1v) is 3.62. The van der Waals surface area contributed by atoms with Gasteiger partial charge in [0.25, 0.3) is 5.56 Å². The van der Waals surface area contributed by atoms with E-state index in [0.29, 0.717) is 12.4 Å².